The van der Waals surface area contributed by atoms with E-state index in [2.05, 4.69) is 15.2 Å². The van der Waals surface area contributed by atoms with Crippen LogP contribution in [0.3, 0.4) is 0 Å². The van der Waals surface area contributed by atoms with Gasteiger partial charge in [-0.15, -0.1) is 11.3 Å². The van der Waals surface area contributed by atoms with Crippen molar-refractivity contribution in [3.8, 4) is 5.75 Å². The van der Waals surface area contributed by atoms with Crippen molar-refractivity contribution in [2.75, 3.05) is 20.3 Å². The van der Waals surface area contributed by atoms with E-state index in [-0.39, 0.29) is 84.6 Å². The summed E-state index contributed by atoms with van der Waals surface area (Å²) in [5, 5.41) is 14.7. The van der Waals surface area contributed by atoms with E-state index in [0.717, 1.165) is 42.7 Å². The molecule has 0 spiro atoms. The van der Waals surface area contributed by atoms with Crippen molar-refractivity contribution in [1.29, 1.82) is 0 Å². The topological polar surface area (TPSA) is 173 Å². The maximum atomic E-state index is 14.9. The maximum absolute atomic E-state index is 14.9. The first-order valence-electron chi connectivity index (χ1n) is 21.2. The smallest absolute Gasteiger partial charge is 0.307 e. The fourth-order valence-corrected chi connectivity index (χ4v) is 8.44. The summed E-state index contributed by atoms with van der Waals surface area (Å²) in [6.07, 6.45) is 3.53. The molecular formula is C45H68N4O9S. The molecule has 1 aliphatic rings. The number of benzene rings is 1. The number of Topliss-reactive ketones (excluding diaryl/α,β-unsaturated/α-hetero) is 2. The van der Waals surface area contributed by atoms with E-state index < -0.39 is 42.0 Å². The van der Waals surface area contributed by atoms with E-state index in [4.69, 9.17) is 9.47 Å². The molecule has 1 fully saturated rings. The number of amides is 2. The van der Waals surface area contributed by atoms with Crippen LogP contribution in [0.4, 0.5) is 0 Å². The molecule has 2 amide bonds. The van der Waals surface area contributed by atoms with Crippen LogP contribution in [0, 0.1) is 29.6 Å². The number of hydrogen-bond acceptors (Lipinski definition) is 12. The minimum Gasteiger partial charge on any atom is -0.508 e. The number of carbonyl (C=O) groups is 6. The van der Waals surface area contributed by atoms with Gasteiger partial charge in [-0.2, -0.15) is 0 Å². The largest absolute Gasteiger partial charge is 0.508 e. The van der Waals surface area contributed by atoms with Gasteiger partial charge in [-0.05, 0) is 81.6 Å². The molecule has 0 unspecified atom stereocenters. The summed E-state index contributed by atoms with van der Waals surface area (Å²) in [6, 6.07) is 5.36. The molecule has 1 aromatic carbocycles. The first kappa shape index (κ1) is 49.2. The molecule has 1 saturated heterocycles. The Balaban J connectivity index is 1.96. The van der Waals surface area contributed by atoms with Crippen LogP contribution >= 0.6 is 11.3 Å². The molecule has 7 atom stereocenters. The van der Waals surface area contributed by atoms with E-state index in [9.17, 15) is 33.9 Å². The SMILES string of the molecule is CC[C@H](C)[C@H](CC(=O)[C@H]1CCCCN1C)C(=O)N(COC(=O)CC(C)C)[C@H](C[C@@H](OC(C)=O)c1nc(C(=O)N[C@@H](Cc2ccc(O)cc2)C[C@H](C)C(C)=O)cs1)C(C)C. The summed E-state index contributed by atoms with van der Waals surface area (Å²) in [5.41, 5.74) is 0.973. The van der Waals surface area contributed by atoms with Gasteiger partial charge in [0.05, 0.1) is 6.04 Å². The van der Waals surface area contributed by atoms with Gasteiger partial charge in [0.1, 0.15) is 22.2 Å². The minimum atomic E-state index is -0.960. The molecule has 328 valence electrons. The summed E-state index contributed by atoms with van der Waals surface area (Å²) in [5.74, 6) is -2.97. The van der Waals surface area contributed by atoms with Gasteiger partial charge < -0.3 is 24.8 Å². The summed E-state index contributed by atoms with van der Waals surface area (Å²) in [7, 11) is 1.95. The number of likely N-dealkylation sites (N-methyl/N-ethyl adjacent to an activating group) is 1. The number of nitrogens with zero attached hydrogens (tertiary/aromatic N) is 3. The highest BCUT2D eigenvalue weighted by atomic mass is 32.1. The van der Waals surface area contributed by atoms with E-state index in [1.54, 1.807) is 34.5 Å². The molecule has 0 aliphatic carbocycles. The van der Waals surface area contributed by atoms with Gasteiger partial charge in [-0.3, -0.25) is 33.7 Å². The zero-order valence-corrected chi connectivity index (χ0v) is 37.6. The normalized spacial score (nSPS) is 17.7. The fourth-order valence-electron chi connectivity index (χ4n) is 7.60. The lowest BCUT2D eigenvalue weighted by molar-refractivity contribution is -0.162. The number of nitrogens with one attached hydrogen (secondary N) is 1. The van der Waals surface area contributed by atoms with Crippen LogP contribution in [0.25, 0.3) is 0 Å². The molecule has 59 heavy (non-hydrogen) atoms. The monoisotopic (exact) mass is 840 g/mol. The van der Waals surface area contributed by atoms with E-state index in [1.165, 1.54) is 13.8 Å². The molecule has 1 aliphatic heterocycles. The van der Waals surface area contributed by atoms with Gasteiger partial charge in [-0.1, -0.05) is 73.4 Å². The molecule has 2 heterocycles. The summed E-state index contributed by atoms with van der Waals surface area (Å²) in [6.45, 7) is 16.7. The van der Waals surface area contributed by atoms with Crippen LogP contribution in [0.1, 0.15) is 141 Å². The van der Waals surface area contributed by atoms with Crippen LogP contribution in [-0.4, -0.2) is 93.7 Å². The summed E-state index contributed by atoms with van der Waals surface area (Å²) in [4.78, 5) is 88.4. The molecule has 13 nitrogen and oxygen atoms in total. The Labute approximate surface area is 355 Å². The molecule has 0 bridgehead atoms. The second kappa shape index (κ2) is 23.6. The van der Waals surface area contributed by atoms with Crippen LogP contribution in [0.15, 0.2) is 29.6 Å². The van der Waals surface area contributed by atoms with Gasteiger partial charge in [0, 0.05) is 55.5 Å². The lowest BCUT2D eigenvalue weighted by atomic mass is 9.82. The third-order valence-corrected chi connectivity index (χ3v) is 12.4. The molecule has 0 saturated carbocycles. The van der Waals surface area contributed by atoms with Crippen molar-refractivity contribution in [2.24, 2.45) is 29.6 Å². The van der Waals surface area contributed by atoms with Crippen LogP contribution in [0.2, 0.25) is 0 Å². The van der Waals surface area contributed by atoms with E-state index >= 15 is 0 Å². The Morgan fingerprint density at radius 3 is 2.24 bits per heavy atom. The van der Waals surface area contributed by atoms with Crippen molar-refractivity contribution >= 4 is 46.7 Å². The van der Waals surface area contributed by atoms with Gasteiger partial charge in [0.25, 0.3) is 5.91 Å². The molecule has 1 aromatic heterocycles. The van der Waals surface area contributed by atoms with Crippen LogP contribution in [0.5, 0.6) is 5.75 Å². The molecule has 3 rings (SSSR count). The Hall–Kier alpha value is -4.17. The highest BCUT2D eigenvalue weighted by Gasteiger charge is 2.39. The molecular weight excluding hydrogens is 773 g/mol. The zero-order chi connectivity index (χ0) is 44.0. The number of carbonyl (C=O) groups excluding carboxylic acids is 6. The lowest BCUT2D eigenvalue weighted by Gasteiger charge is -2.39. The van der Waals surface area contributed by atoms with Crippen LogP contribution in [-0.2, 0) is 39.9 Å². The Kier molecular flexibility index (Phi) is 19.7. The Morgan fingerprint density at radius 2 is 1.66 bits per heavy atom. The predicted molar refractivity (Wildman–Crippen MR) is 227 cm³/mol. The maximum Gasteiger partial charge on any atom is 0.307 e. The number of hydrogen-bond donors (Lipinski definition) is 2. The highest BCUT2D eigenvalue weighted by Crippen LogP contribution is 2.34. The number of esters is 2. The van der Waals surface area contributed by atoms with Gasteiger partial charge in [0.2, 0.25) is 5.91 Å². The number of aromatic hydroxyl groups is 1. The molecule has 2 N–H and O–H groups in total. The Bertz CT molecular complexity index is 1710. The zero-order valence-electron chi connectivity index (χ0n) is 36.8. The van der Waals surface area contributed by atoms with Crippen molar-refractivity contribution in [3.63, 3.8) is 0 Å². The average Bonchev–Trinajstić information content (AvgIpc) is 3.67. The predicted octanol–water partition coefficient (Wildman–Crippen LogP) is 7.31. The number of rotatable bonds is 23. The number of phenols is 1. The van der Waals surface area contributed by atoms with Gasteiger partial charge in [0.15, 0.2) is 18.6 Å². The first-order valence-corrected chi connectivity index (χ1v) is 22.1. The third kappa shape index (κ3) is 15.4. The molecule has 2 aromatic rings. The van der Waals surface area contributed by atoms with Crippen molar-refractivity contribution in [2.45, 2.75) is 144 Å². The third-order valence-electron chi connectivity index (χ3n) is 11.5. The van der Waals surface area contributed by atoms with Crippen LogP contribution < -0.4 is 5.32 Å². The van der Waals surface area contributed by atoms with E-state index in [1.807, 2.05) is 55.5 Å². The summed E-state index contributed by atoms with van der Waals surface area (Å²) < 4.78 is 11.6. The standard InChI is InChI=1S/C45H68N4O9S/c1-11-29(6)36(23-40(53)38-14-12-13-19-48(38)10)45(56)49(26-57-42(54)20-27(2)3)39(28(4)5)24-41(58-32(9)51)44-47-37(25-59-44)43(55)46-34(21-30(7)31(8)50)22-33-15-17-35(52)18-16-33/h15-18,25,27-30,34,36,38-39,41,52H,11-14,19-24,26H2,1-10H3,(H,46,55)/t29-,30-,34+,36-,38+,39+,41+/m0/s1. The fraction of sp³-hybridized carbons (Fsp3) is 0.667. The highest BCUT2D eigenvalue weighted by molar-refractivity contribution is 7.09. The average molecular weight is 841 g/mol. The number of phenolic OH excluding ortho intramolecular Hbond substituents is 1. The van der Waals surface area contributed by atoms with Crippen molar-refractivity contribution in [1.82, 2.24) is 20.1 Å². The van der Waals surface area contributed by atoms with Gasteiger partial charge in [-0.25, -0.2) is 4.98 Å². The Morgan fingerprint density at radius 1 is 0.983 bits per heavy atom. The van der Waals surface area contributed by atoms with E-state index in [0.29, 0.717) is 24.3 Å². The first-order chi connectivity index (χ1) is 27.8. The number of likely N-dealkylation sites (tertiary alicyclic amines) is 1. The van der Waals surface area contributed by atoms with Crippen molar-refractivity contribution < 1.29 is 43.3 Å². The second-order valence-electron chi connectivity index (χ2n) is 17.2. The van der Waals surface area contributed by atoms with Crippen molar-refractivity contribution in [3.05, 3.63) is 45.9 Å². The quantitative estimate of drug-likeness (QED) is 0.0849. The molecule has 14 heteroatoms. The second-order valence-corrected chi connectivity index (χ2v) is 18.1. The molecule has 0 radical (unpaired) electrons. The van der Waals surface area contributed by atoms with Gasteiger partial charge >= 0.3 is 11.9 Å². The lowest BCUT2D eigenvalue weighted by Crippen LogP contribution is -2.50. The number of ketones is 2. The number of thiazole rings is 1. The summed E-state index contributed by atoms with van der Waals surface area (Å²) >= 11 is 1.15. The minimum absolute atomic E-state index is 0.00376. The number of ether oxygens (including phenoxy) is 2. The number of aromatic nitrogens is 1. The number of piperidine rings is 1.